The smallest absolute Gasteiger partial charge is 0.164 e. The Balaban J connectivity index is 1.00. The fourth-order valence-electron chi connectivity index (χ4n) is 7.79. The number of benzene rings is 6. The molecule has 10 aromatic rings. The SMILES string of the molecule is Cc1ccc2ccc3c(-c4ccc(-c5ccc(-c6nc(-c7ccccc7)nc(-c7cccc(-c8cccc9ccncc89)c7)n6)cc5)cc4)cc(C(C)(C)C)nc3c2n1. The third kappa shape index (κ3) is 6.89. The number of nitrogens with zero attached hydrogens (tertiary/aromatic N) is 6. The summed E-state index contributed by atoms with van der Waals surface area (Å²) in [6.07, 6.45) is 3.76. The zero-order chi connectivity index (χ0) is 40.1. The van der Waals surface area contributed by atoms with Gasteiger partial charge in [0, 0.05) is 62.0 Å². The summed E-state index contributed by atoms with van der Waals surface area (Å²) in [5, 5.41) is 4.45. The van der Waals surface area contributed by atoms with Crippen molar-refractivity contribution in [3.05, 3.63) is 182 Å². The zero-order valence-corrected chi connectivity index (χ0v) is 33.3. The first-order valence-corrected chi connectivity index (χ1v) is 19.9. The number of fused-ring (bicyclic) bond motifs is 4. The minimum absolute atomic E-state index is 0.128. The van der Waals surface area contributed by atoms with E-state index in [1.54, 1.807) is 0 Å². The van der Waals surface area contributed by atoms with E-state index < -0.39 is 0 Å². The Morgan fingerprint density at radius 3 is 1.73 bits per heavy atom. The van der Waals surface area contributed by atoms with E-state index in [9.17, 15) is 0 Å². The van der Waals surface area contributed by atoms with Crippen LogP contribution in [-0.2, 0) is 5.41 Å². The van der Waals surface area contributed by atoms with E-state index in [0.717, 1.165) is 94.0 Å². The van der Waals surface area contributed by atoms with Crippen molar-refractivity contribution in [2.45, 2.75) is 33.1 Å². The topological polar surface area (TPSA) is 77.3 Å². The lowest BCUT2D eigenvalue weighted by Crippen LogP contribution is -2.14. The van der Waals surface area contributed by atoms with Crippen molar-refractivity contribution in [1.82, 2.24) is 29.9 Å². The maximum atomic E-state index is 5.19. The first-order valence-electron chi connectivity index (χ1n) is 19.9. The molecular weight excluding hydrogens is 721 g/mol. The van der Waals surface area contributed by atoms with Crippen molar-refractivity contribution in [3.63, 3.8) is 0 Å². The number of aromatic nitrogens is 6. The van der Waals surface area contributed by atoms with Gasteiger partial charge in [0.25, 0.3) is 0 Å². The molecule has 0 aliphatic rings. The third-order valence-electron chi connectivity index (χ3n) is 11.0. The van der Waals surface area contributed by atoms with Crippen LogP contribution in [0.5, 0.6) is 0 Å². The number of pyridine rings is 3. The fourth-order valence-corrected chi connectivity index (χ4v) is 7.79. The van der Waals surface area contributed by atoms with Crippen LogP contribution in [0.1, 0.15) is 32.2 Å². The van der Waals surface area contributed by atoms with Gasteiger partial charge in [0.05, 0.1) is 11.0 Å². The lowest BCUT2D eigenvalue weighted by atomic mass is 9.88. The van der Waals surface area contributed by atoms with Crippen molar-refractivity contribution in [2.24, 2.45) is 0 Å². The summed E-state index contributed by atoms with van der Waals surface area (Å²) in [4.78, 5) is 29.6. The lowest BCUT2D eigenvalue weighted by Gasteiger charge is -2.21. The summed E-state index contributed by atoms with van der Waals surface area (Å²) in [5.41, 5.74) is 13.3. The first kappa shape index (κ1) is 35.9. The first-order chi connectivity index (χ1) is 28.7. The van der Waals surface area contributed by atoms with Gasteiger partial charge in [-0.3, -0.25) is 9.97 Å². The molecular formula is C53H40N6. The Morgan fingerprint density at radius 2 is 1.00 bits per heavy atom. The highest BCUT2D eigenvalue weighted by Crippen LogP contribution is 2.37. The molecule has 6 aromatic carbocycles. The van der Waals surface area contributed by atoms with Gasteiger partial charge in [-0.05, 0) is 70.0 Å². The van der Waals surface area contributed by atoms with Gasteiger partial charge in [-0.25, -0.2) is 19.9 Å². The average Bonchev–Trinajstić information content (AvgIpc) is 3.28. The second-order valence-corrected chi connectivity index (χ2v) is 16.1. The Morgan fingerprint density at radius 1 is 0.390 bits per heavy atom. The molecule has 0 saturated carbocycles. The van der Waals surface area contributed by atoms with E-state index in [1.165, 1.54) is 0 Å². The molecule has 0 radical (unpaired) electrons. The summed E-state index contributed by atoms with van der Waals surface area (Å²) in [7, 11) is 0. The van der Waals surface area contributed by atoms with E-state index in [4.69, 9.17) is 24.9 Å². The number of hydrogen-bond acceptors (Lipinski definition) is 6. The van der Waals surface area contributed by atoms with E-state index in [1.807, 2.05) is 55.7 Å². The van der Waals surface area contributed by atoms with Crippen LogP contribution in [0.4, 0.5) is 0 Å². The van der Waals surface area contributed by atoms with Crippen LogP contribution in [0.15, 0.2) is 170 Å². The number of hydrogen-bond donors (Lipinski definition) is 0. The molecule has 0 aliphatic heterocycles. The van der Waals surface area contributed by atoms with Gasteiger partial charge in [0.15, 0.2) is 17.5 Å². The van der Waals surface area contributed by atoms with Gasteiger partial charge in [0.2, 0.25) is 0 Å². The highest BCUT2D eigenvalue weighted by atomic mass is 15.0. The zero-order valence-electron chi connectivity index (χ0n) is 33.3. The minimum atomic E-state index is -0.128. The maximum absolute atomic E-state index is 5.19. The van der Waals surface area contributed by atoms with Crippen LogP contribution >= 0.6 is 0 Å². The highest BCUT2D eigenvalue weighted by molar-refractivity contribution is 6.08. The minimum Gasteiger partial charge on any atom is -0.264 e. The van der Waals surface area contributed by atoms with Crippen LogP contribution in [-0.4, -0.2) is 29.9 Å². The van der Waals surface area contributed by atoms with Gasteiger partial charge in [-0.1, -0.05) is 154 Å². The van der Waals surface area contributed by atoms with Crippen molar-refractivity contribution in [2.75, 3.05) is 0 Å². The van der Waals surface area contributed by atoms with Crippen molar-refractivity contribution < 1.29 is 0 Å². The molecule has 0 atom stereocenters. The molecule has 6 nitrogen and oxygen atoms in total. The number of rotatable bonds is 6. The van der Waals surface area contributed by atoms with E-state index in [-0.39, 0.29) is 5.41 Å². The molecule has 0 unspecified atom stereocenters. The highest BCUT2D eigenvalue weighted by Gasteiger charge is 2.20. The van der Waals surface area contributed by atoms with Crippen molar-refractivity contribution >= 4 is 32.6 Å². The summed E-state index contributed by atoms with van der Waals surface area (Å²) in [6.45, 7) is 8.67. The molecule has 0 N–H and O–H groups in total. The molecule has 0 bridgehead atoms. The van der Waals surface area contributed by atoms with E-state index in [2.05, 4.69) is 147 Å². The monoisotopic (exact) mass is 760 g/mol. The summed E-state index contributed by atoms with van der Waals surface area (Å²) in [6, 6.07) is 55.0. The standard InChI is InChI=1S/C53H40N6/c1-33-16-17-38-26-27-44-45(31-47(53(2,3)4)56-49(44)48(38)55-33)37-22-18-34(19-23-37)35-20-24-40(25-21-35)51-57-50(39-10-6-5-7-11-39)58-52(59-51)42-14-8-13-41(30-42)43-15-9-12-36-28-29-54-32-46(36)43/h5-32H,1-4H3. The normalized spacial score (nSPS) is 11.7. The molecule has 4 aromatic heterocycles. The molecule has 4 heterocycles. The van der Waals surface area contributed by atoms with E-state index >= 15 is 0 Å². The van der Waals surface area contributed by atoms with Gasteiger partial charge in [0.1, 0.15) is 0 Å². The van der Waals surface area contributed by atoms with Crippen LogP contribution in [0.2, 0.25) is 0 Å². The van der Waals surface area contributed by atoms with Crippen molar-refractivity contribution in [1.29, 1.82) is 0 Å². The second kappa shape index (κ2) is 14.5. The molecule has 6 heteroatoms. The lowest BCUT2D eigenvalue weighted by molar-refractivity contribution is 0.572. The molecule has 0 saturated heterocycles. The predicted molar refractivity (Wildman–Crippen MR) is 242 cm³/mol. The molecule has 10 rings (SSSR count). The second-order valence-electron chi connectivity index (χ2n) is 16.1. The molecule has 282 valence electrons. The molecule has 0 spiro atoms. The largest absolute Gasteiger partial charge is 0.264 e. The third-order valence-corrected chi connectivity index (χ3v) is 11.0. The van der Waals surface area contributed by atoms with Gasteiger partial charge in [-0.2, -0.15) is 0 Å². The van der Waals surface area contributed by atoms with Gasteiger partial charge >= 0.3 is 0 Å². The molecule has 0 fully saturated rings. The Hall–Kier alpha value is -7.44. The summed E-state index contributed by atoms with van der Waals surface area (Å²) < 4.78 is 0. The maximum Gasteiger partial charge on any atom is 0.164 e. The average molecular weight is 761 g/mol. The van der Waals surface area contributed by atoms with Gasteiger partial charge in [-0.15, -0.1) is 0 Å². The summed E-state index contributed by atoms with van der Waals surface area (Å²) in [5.74, 6) is 1.86. The molecule has 0 amide bonds. The van der Waals surface area contributed by atoms with E-state index in [0.29, 0.717) is 17.5 Å². The summed E-state index contributed by atoms with van der Waals surface area (Å²) >= 11 is 0. The quantitative estimate of drug-likeness (QED) is 0.157. The van der Waals surface area contributed by atoms with Crippen LogP contribution in [0, 0.1) is 6.92 Å². The fraction of sp³-hybridized carbons (Fsp3) is 0.0943. The van der Waals surface area contributed by atoms with Crippen molar-refractivity contribution in [3.8, 4) is 67.5 Å². The Kier molecular flexibility index (Phi) is 8.83. The van der Waals surface area contributed by atoms with Crippen LogP contribution < -0.4 is 0 Å². The Bertz CT molecular complexity index is 3180. The number of aryl methyl sites for hydroxylation is 1. The molecule has 59 heavy (non-hydrogen) atoms. The molecule has 0 aliphatic carbocycles. The van der Waals surface area contributed by atoms with Crippen LogP contribution in [0.3, 0.4) is 0 Å². The predicted octanol–water partition coefficient (Wildman–Crippen LogP) is 13.1. The van der Waals surface area contributed by atoms with Gasteiger partial charge < -0.3 is 0 Å². The van der Waals surface area contributed by atoms with Crippen LogP contribution in [0.25, 0.3) is 100 Å². The Labute approximate surface area is 343 Å².